The second-order valence-corrected chi connectivity index (χ2v) is 3.79. The number of hydrogen-bond donors (Lipinski definition) is 2. The van der Waals surface area contributed by atoms with Gasteiger partial charge in [0, 0.05) is 32.0 Å². The summed E-state index contributed by atoms with van der Waals surface area (Å²) >= 11 is 0. The fraction of sp³-hybridized carbons (Fsp3) is 0.538. The van der Waals surface area contributed by atoms with Crippen LogP contribution in [0.15, 0.2) is 23.3 Å². The highest BCUT2D eigenvalue weighted by atomic mass is 16.5. The molecule has 1 aromatic rings. The molecule has 2 N–H and O–H groups in total. The topological polar surface area (TPSA) is 67.8 Å². The van der Waals surface area contributed by atoms with Crippen molar-refractivity contribution in [3.63, 3.8) is 0 Å². The van der Waals surface area contributed by atoms with Crippen LogP contribution in [0.3, 0.4) is 0 Å². The number of methoxy groups -OCH3 is 2. The third-order valence-corrected chi connectivity index (χ3v) is 2.39. The van der Waals surface area contributed by atoms with Crippen LogP contribution in [0.1, 0.15) is 12.5 Å². The number of aromatic nitrogens is 1. The first kappa shape index (κ1) is 15.2. The van der Waals surface area contributed by atoms with E-state index in [4.69, 9.17) is 9.47 Å². The maximum Gasteiger partial charge on any atom is 0.218 e. The standard InChI is InChI=1S/C13H22N4O2/c1-4-14-13(16-8-9-18-2)17-10-11-6-5-7-15-12(11)19-3/h5-7H,4,8-10H2,1-3H3,(H2,14,16,17). The van der Waals surface area contributed by atoms with Crippen LogP contribution < -0.4 is 15.4 Å². The van der Waals surface area contributed by atoms with Crippen molar-refractivity contribution in [3.8, 4) is 5.88 Å². The largest absolute Gasteiger partial charge is 0.481 e. The average molecular weight is 266 g/mol. The Bertz CT molecular complexity index is 396. The Hall–Kier alpha value is -1.82. The molecular formula is C13H22N4O2. The van der Waals surface area contributed by atoms with Crippen LogP contribution in [0.4, 0.5) is 0 Å². The van der Waals surface area contributed by atoms with Gasteiger partial charge in [0.1, 0.15) is 0 Å². The summed E-state index contributed by atoms with van der Waals surface area (Å²) in [5.41, 5.74) is 0.953. The van der Waals surface area contributed by atoms with Gasteiger partial charge in [-0.25, -0.2) is 9.98 Å². The lowest BCUT2D eigenvalue weighted by Crippen LogP contribution is -2.38. The normalized spacial score (nSPS) is 11.2. The molecule has 0 amide bonds. The van der Waals surface area contributed by atoms with Gasteiger partial charge < -0.3 is 20.1 Å². The van der Waals surface area contributed by atoms with Gasteiger partial charge in [-0.2, -0.15) is 0 Å². The molecule has 0 aromatic carbocycles. The number of nitrogens with zero attached hydrogens (tertiary/aromatic N) is 2. The number of hydrogen-bond acceptors (Lipinski definition) is 4. The van der Waals surface area contributed by atoms with E-state index >= 15 is 0 Å². The second kappa shape index (κ2) is 9.16. The summed E-state index contributed by atoms with van der Waals surface area (Å²) in [6.07, 6.45) is 1.70. The van der Waals surface area contributed by atoms with Crippen molar-refractivity contribution in [1.29, 1.82) is 0 Å². The molecular weight excluding hydrogens is 244 g/mol. The molecule has 0 saturated carbocycles. The van der Waals surface area contributed by atoms with Gasteiger partial charge in [0.2, 0.25) is 5.88 Å². The number of guanidine groups is 1. The van der Waals surface area contributed by atoms with E-state index in [1.807, 2.05) is 19.1 Å². The summed E-state index contributed by atoms with van der Waals surface area (Å²) < 4.78 is 10.2. The maximum absolute atomic E-state index is 5.19. The molecule has 0 fully saturated rings. The fourth-order valence-electron chi connectivity index (χ4n) is 1.51. The Balaban J connectivity index is 2.62. The van der Waals surface area contributed by atoms with Crippen molar-refractivity contribution in [2.75, 3.05) is 33.9 Å². The lowest BCUT2D eigenvalue weighted by Gasteiger charge is -2.11. The van der Waals surface area contributed by atoms with E-state index in [9.17, 15) is 0 Å². The minimum Gasteiger partial charge on any atom is -0.481 e. The smallest absolute Gasteiger partial charge is 0.218 e. The van der Waals surface area contributed by atoms with E-state index in [1.165, 1.54) is 0 Å². The molecule has 1 rings (SSSR count). The van der Waals surface area contributed by atoms with Gasteiger partial charge in [0.15, 0.2) is 5.96 Å². The molecule has 0 aliphatic carbocycles. The molecule has 0 atom stereocenters. The molecule has 106 valence electrons. The minimum atomic E-state index is 0.513. The predicted octanol–water partition coefficient (Wildman–Crippen LogP) is 0.792. The van der Waals surface area contributed by atoms with Gasteiger partial charge in [0.05, 0.1) is 20.3 Å². The maximum atomic E-state index is 5.19. The molecule has 0 aliphatic rings. The summed E-state index contributed by atoms with van der Waals surface area (Å²) in [5.74, 6) is 1.37. The van der Waals surface area contributed by atoms with Crippen molar-refractivity contribution >= 4 is 5.96 Å². The summed E-state index contributed by atoms with van der Waals surface area (Å²) in [6.45, 7) is 4.70. The van der Waals surface area contributed by atoms with Crippen LogP contribution >= 0.6 is 0 Å². The minimum absolute atomic E-state index is 0.513. The average Bonchev–Trinajstić information content (AvgIpc) is 2.45. The van der Waals surface area contributed by atoms with Gasteiger partial charge in [0.25, 0.3) is 0 Å². The van der Waals surface area contributed by atoms with Crippen molar-refractivity contribution in [1.82, 2.24) is 15.6 Å². The van der Waals surface area contributed by atoms with Gasteiger partial charge in [-0.1, -0.05) is 6.07 Å². The highest BCUT2D eigenvalue weighted by Crippen LogP contribution is 2.14. The first-order valence-electron chi connectivity index (χ1n) is 6.30. The van der Waals surface area contributed by atoms with Crippen molar-refractivity contribution < 1.29 is 9.47 Å². The fourth-order valence-corrected chi connectivity index (χ4v) is 1.51. The van der Waals surface area contributed by atoms with Gasteiger partial charge in [-0.15, -0.1) is 0 Å². The molecule has 6 nitrogen and oxygen atoms in total. The SMILES string of the molecule is CCNC(=NCc1cccnc1OC)NCCOC. The van der Waals surface area contributed by atoms with Crippen LogP contribution in [-0.2, 0) is 11.3 Å². The van der Waals surface area contributed by atoms with E-state index < -0.39 is 0 Å². The molecule has 0 saturated heterocycles. The van der Waals surface area contributed by atoms with Crippen LogP contribution in [0.2, 0.25) is 0 Å². The number of nitrogens with one attached hydrogen (secondary N) is 2. The first-order chi connectivity index (χ1) is 9.31. The lowest BCUT2D eigenvalue weighted by molar-refractivity contribution is 0.203. The Morgan fingerprint density at radius 3 is 2.89 bits per heavy atom. The van der Waals surface area contributed by atoms with Crippen LogP contribution in [0, 0.1) is 0 Å². The molecule has 0 radical (unpaired) electrons. The third kappa shape index (κ3) is 5.56. The summed E-state index contributed by atoms with van der Waals surface area (Å²) in [6, 6.07) is 3.83. The number of rotatable bonds is 7. The number of aliphatic imine (C=N–C) groups is 1. The lowest BCUT2D eigenvalue weighted by atomic mass is 10.3. The monoisotopic (exact) mass is 266 g/mol. The van der Waals surface area contributed by atoms with Crippen molar-refractivity contribution in [2.24, 2.45) is 4.99 Å². The Labute approximate surface area is 114 Å². The summed E-state index contributed by atoms with van der Waals surface area (Å²) in [5, 5.41) is 6.35. The van der Waals surface area contributed by atoms with E-state index in [2.05, 4.69) is 20.6 Å². The molecule has 0 bridgehead atoms. The summed E-state index contributed by atoms with van der Waals surface area (Å²) in [7, 11) is 3.28. The molecule has 6 heteroatoms. The van der Waals surface area contributed by atoms with Crippen LogP contribution in [0.5, 0.6) is 5.88 Å². The highest BCUT2D eigenvalue weighted by Gasteiger charge is 2.03. The van der Waals surface area contributed by atoms with E-state index in [1.54, 1.807) is 20.4 Å². The molecule has 0 unspecified atom stereocenters. The van der Waals surface area contributed by atoms with Gasteiger partial charge in [-0.3, -0.25) is 0 Å². The molecule has 19 heavy (non-hydrogen) atoms. The van der Waals surface area contributed by atoms with Crippen LogP contribution in [-0.4, -0.2) is 44.9 Å². The Morgan fingerprint density at radius 1 is 1.37 bits per heavy atom. The van der Waals surface area contributed by atoms with E-state index in [0.29, 0.717) is 25.6 Å². The predicted molar refractivity (Wildman–Crippen MR) is 75.5 cm³/mol. The number of pyridine rings is 1. The summed E-state index contributed by atoms with van der Waals surface area (Å²) in [4.78, 5) is 8.63. The third-order valence-electron chi connectivity index (χ3n) is 2.39. The van der Waals surface area contributed by atoms with Crippen molar-refractivity contribution in [2.45, 2.75) is 13.5 Å². The Kier molecular flexibility index (Phi) is 7.34. The van der Waals surface area contributed by atoms with Crippen LogP contribution in [0.25, 0.3) is 0 Å². The second-order valence-electron chi connectivity index (χ2n) is 3.79. The number of ether oxygens (including phenoxy) is 2. The zero-order valence-corrected chi connectivity index (χ0v) is 11.8. The van der Waals surface area contributed by atoms with Gasteiger partial charge >= 0.3 is 0 Å². The zero-order valence-electron chi connectivity index (χ0n) is 11.8. The van der Waals surface area contributed by atoms with E-state index in [0.717, 1.165) is 18.1 Å². The zero-order chi connectivity index (χ0) is 13.9. The molecule has 0 spiro atoms. The highest BCUT2D eigenvalue weighted by molar-refractivity contribution is 5.79. The quantitative estimate of drug-likeness (QED) is 0.434. The Morgan fingerprint density at radius 2 is 2.21 bits per heavy atom. The molecule has 1 aromatic heterocycles. The molecule has 0 aliphatic heterocycles. The van der Waals surface area contributed by atoms with Gasteiger partial charge in [-0.05, 0) is 13.0 Å². The molecule has 1 heterocycles. The van der Waals surface area contributed by atoms with E-state index in [-0.39, 0.29) is 0 Å². The first-order valence-corrected chi connectivity index (χ1v) is 6.30. The van der Waals surface area contributed by atoms with Crippen molar-refractivity contribution in [3.05, 3.63) is 23.9 Å².